The molecule has 1 fully saturated rings. The van der Waals surface area contributed by atoms with Crippen molar-refractivity contribution in [3.8, 4) is 0 Å². The van der Waals surface area contributed by atoms with Gasteiger partial charge < -0.3 is 5.32 Å². The fourth-order valence-corrected chi connectivity index (χ4v) is 4.02. The topological polar surface area (TPSA) is 49.4 Å². The minimum absolute atomic E-state index is 0.0152. The lowest BCUT2D eigenvalue weighted by Crippen LogP contribution is -2.47. The molecule has 0 radical (unpaired) electrons. The third-order valence-corrected chi connectivity index (χ3v) is 6.00. The molecule has 1 N–H and O–H groups in total. The first-order valence-corrected chi connectivity index (χ1v) is 10.6. The Hall–Kier alpha value is -2.46. The second-order valence-corrected chi connectivity index (χ2v) is 8.45. The SMILES string of the molecule is Cc1ccc(C(=O)C2CCN(C(C)C(=O)Nc3ccccc3C(C)C)CC2)cc1. The Balaban J connectivity index is 1.57. The summed E-state index contributed by atoms with van der Waals surface area (Å²) in [5.41, 5.74) is 4.00. The van der Waals surface area contributed by atoms with Crippen LogP contribution in [0, 0.1) is 12.8 Å². The minimum Gasteiger partial charge on any atom is -0.324 e. The van der Waals surface area contributed by atoms with Crippen molar-refractivity contribution in [1.29, 1.82) is 0 Å². The predicted molar refractivity (Wildman–Crippen MR) is 118 cm³/mol. The molecule has 2 aromatic rings. The van der Waals surface area contributed by atoms with E-state index in [2.05, 4.69) is 30.1 Å². The number of Topliss-reactive ketones (excluding diaryl/α,β-unsaturated/α-hetero) is 1. The highest BCUT2D eigenvalue weighted by Crippen LogP contribution is 2.26. The molecule has 0 aromatic heterocycles. The lowest BCUT2D eigenvalue weighted by molar-refractivity contribution is -0.121. The number of rotatable bonds is 6. The molecule has 1 unspecified atom stereocenters. The summed E-state index contributed by atoms with van der Waals surface area (Å²) in [6, 6.07) is 15.6. The average molecular weight is 393 g/mol. The van der Waals surface area contributed by atoms with Crippen LogP contribution in [0.5, 0.6) is 0 Å². The van der Waals surface area contributed by atoms with Crippen LogP contribution in [-0.4, -0.2) is 35.7 Å². The molecule has 1 aliphatic rings. The number of likely N-dealkylation sites (tertiary alicyclic amines) is 1. The molecule has 0 spiro atoms. The summed E-state index contributed by atoms with van der Waals surface area (Å²) in [6.07, 6.45) is 1.60. The summed E-state index contributed by atoms with van der Waals surface area (Å²) in [7, 11) is 0. The van der Waals surface area contributed by atoms with Crippen LogP contribution in [0.2, 0.25) is 0 Å². The molecule has 0 aliphatic carbocycles. The number of carbonyl (C=O) groups is 2. The van der Waals surface area contributed by atoms with Gasteiger partial charge in [0, 0.05) is 17.2 Å². The minimum atomic E-state index is -0.217. The highest BCUT2D eigenvalue weighted by Gasteiger charge is 2.30. The number of piperidine rings is 1. The van der Waals surface area contributed by atoms with Crippen LogP contribution in [0.4, 0.5) is 5.69 Å². The van der Waals surface area contributed by atoms with Gasteiger partial charge in [-0.15, -0.1) is 0 Å². The van der Waals surface area contributed by atoms with Crippen molar-refractivity contribution in [3.63, 3.8) is 0 Å². The molecule has 154 valence electrons. The van der Waals surface area contributed by atoms with Gasteiger partial charge in [-0.1, -0.05) is 61.9 Å². The number of ketones is 1. The van der Waals surface area contributed by atoms with E-state index in [1.54, 1.807) is 0 Å². The van der Waals surface area contributed by atoms with Crippen LogP contribution in [0.3, 0.4) is 0 Å². The number of amides is 1. The Labute approximate surface area is 174 Å². The van der Waals surface area contributed by atoms with E-state index in [4.69, 9.17) is 0 Å². The number of hydrogen-bond donors (Lipinski definition) is 1. The van der Waals surface area contributed by atoms with E-state index in [-0.39, 0.29) is 23.7 Å². The Bertz CT molecular complexity index is 849. The zero-order valence-corrected chi connectivity index (χ0v) is 17.9. The quantitative estimate of drug-likeness (QED) is 0.701. The van der Waals surface area contributed by atoms with E-state index in [0.717, 1.165) is 48.3 Å². The largest absolute Gasteiger partial charge is 0.324 e. The van der Waals surface area contributed by atoms with Gasteiger partial charge >= 0.3 is 0 Å². The second kappa shape index (κ2) is 9.36. The van der Waals surface area contributed by atoms with E-state index in [1.165, 1.54) is 0 Å². The lowest BCUT2D eigenvalue weighted by atomic mass is 9.88. The first-order valence-electron chi connectivity index (χ1n) is 10.6. The monoisotopic (exact) mass is 392 g/mol. The van der Waals surface area contributed by atoms with Crippen molar-refractivity contribution in [2.24, 2.45) is 5.92 Å². The van der Waals surface area contributed by atoms with Crippen molar-refractivity contribution < 1.29 is 9.59 Å². The van der Waals surface area contributed by atoms with Gasteiger partial charge in [0.1, 0.15) is 0 Å². The third kappa shape index (κ3) is 5.13. The molecular formula is C25H32N2O2. The fraction of sp³-hybridized carbons (Fsp3) is 0.440. The molecule has 0 bridgehead atoms. The van der Waals surface area contributed by atoms with Gasteiger partial charge in [0.2, 0.25) is 5.91 Å². The van der Waals surface area contributed by atoms with Gasteiger partial charge in [-0.25, -0.2) is 0 Å². The molecule has 4 nitrogen and oxygen atoms in total. The maximum absolute atomic E-state index is 12.8. The molecule has 29 heavy (non-hydrogen) atoms. The van der Waals surface area contributed by atoms with Crippen LogP contribution in [0.25, 0.3) is 0 Å². The average Bonchev–Trinajstić information content (AvgIpc) is 2.73. The first kappa shape index (κ1) is 21.3. The number of para-hydroxylation sites is 1. The van der Waals surface area contributed by atoms with E-state index in [1.807, 2.05) is 56.3 Å². The first-order chi connectivity index (χ1) is 13.9. The van der Waals surface area contributed by atoms with Crippen LogP contribution >= 0.6 is 0 Å². The Morgan fingerprint density at radius 2 is 1.59 bits per heavy atom. The Morgan fingerprint density at radius 1 is 0.966 bits per heavy atom. The zero-order chi connectivity index (χ0) is 21.0. The summed E-state index contributed by atoms with van der Waals surface area (Å²) < 4.78 is 0. The summed E-state index contributed by atoms with van der Waals surface area (Å²) in [4.78, 5) is 27.8. The number of nitrogens with zero attached hydrogens (tertiary/aromatic N) is 1. The molecule has 3 rings (SSSR count). The maximum Gasteiger partial charge on any atom is 0.241 e. The summed E-state index contributed by atoms with van der Waals surface area (Å²) in [5, 5.41) is 3.11. The van der Waals surface area contributed by atoms with E-state index >= 15 is 0 Å². The zero-order valence-electron chi connectivity index (χ0n) is 17.9. The smallest absolute Gasteiger partial charge is 0.241 e. The number of hydrogen-bond acceptors (Lipinski definition) is 3. The highest BCUT2D eigenvalue weighted by atomic mass is 16.2. The predicted octanol–water partition coefficient (Wildman–Crippen LogP) is 5.04. The van der Waals surface area contributed by atoms with Crippen molar-refractivity contribution >= 4 is 17.4 Å². The Kier molecular flexibility index (Phi) is 6.86. The lowest BCUT2D eigenvalue weighted by Gasteiger charge is -2.35. The van der Waals surface area contributed by atoms with Crippen LogP contribution < -0.4 is 5.32 Å². The van der Waals surface area contributed by atoms with Gasteiger partial charge in [0.25, 0.3) is 0 Å². The molecule has 4 heteroatoms. The van der Waals surface area contributed by atoms with Crippen molar-refractivity contribution in [2.75, 3.05) is 18.4 Å². The molecule has 1 aliphatic heterocycles. The molecule has 2 aromatic carbocycles. The number of aryl methyl sites for hydroxylation is 1. The third-order valence-electron chi connectivity index (χ3n) is 6.00. The number of carbonyl (C=O) groups excluding carboxylic acids is 2. The molecule has 1 amide bonds. The summed E-state index contributed by atoms with van der Waals surface area (Å²) in [5.74, 6) is 0.644. The normalized spacial score (nSPS) is 16.6. The van der Waals surface area contributed by atoms with Gasteiger partial charge in [0.15, 0.2) is 5.78 Å². The number of anilines is 1. The van der Waals surface area contributed by atoms with Crippen LogP contribution in [-0.2, 0) is 4.79 Å². The van der Waals surface area contributed by atoms with Gasteiger partial charge in [-0.3, -0.25) is 14.5 Å². The molecule has 1 saturated heterocycles. The van der Waals surface area contributed by atoms with Crippen molar-refractivity contribution in [2.45, 2.75) is 52.5 Å². The van der Waals surface area contributed by atoms with Gasteiger partial charge in [-0.2, -0.15) is 0 Å². The second-order valence-electron chi connectivity index (χ2n) is 8.45. The van der Waals surface area contributed by atoms with Crippen molar-refractivity contribution in [3.05, 3.63) is 65.2 Å². The van der Waals surface area contributed by atoms with Crippen LogP contribution in [0.15, 0.2) is 48.5 Å². The number of benzene rings is 2. The van der Waals surface area contributed by atoms with E-state index < -0.39 is 0 Å². The van der Waals surface area contributed by atoms with Gasteiger partial charge in [0.05, 0.1) is 6.04 Å². The molecule has 1 heterocycles. The van der Waals surface area contributed by atoms with Crippen molar-refractivity contribution in [1.82, 2.24) is 4.90 Å². The van der Waals surface area contributed by atoms with Crippen LogP contribution in [0.1, 0.15) is 61.0 Å². The van der Waals surface area contributed by atoms with E-state index in [0.29, 0.717) is 5.92 Å². The van der Waals surface area contributed by atoms with Gasteiger partial charge in [-0.05, 0) is 57.3 Å². The summed E-state index contributed by atoms with van der Waals surface area (Å²) >= 11 is 0. The molecule has 0 saturated carbocycles. The molecule has 1 atom stereocenters. The maximum atomic E-state index is 12.8. The number of nitrogens with one attached hydrogen (secondary N) is 1. The van der Waals surface area contributed by atoms with E-state index in [9.17, 15) is 9.59 Å². The summed E-state index contributed by atoms with van der Waals surface area (Å²) in [6.45, 7) is 9.77. The standard InChI is InChI=1S/C25H32N2O2/c1-17(2)22-7-5-6-8-23(22)26-25(29)19(4)27-15-13-21(14-16-27)24(28)20-11-9-18(3)10-12-20/h5-12,17,19,21H,13-16H2,1-4H3,(H,26,29). The Morgan fingerprint density at radius 3 is 2.21 bits per heavy atom. The fourth-order valence-electron chi connectivity index (χ4n) is 4.02. The molecular weight excluding hydrogens is 360 g/mol. The highest BCUT2D eigenvalue weighted by molar-refractivity contribution is 5.98.